The van der Waals surface area contributed by atoms with E-state index in [9.17, 15) is 18.3 Å². The van der Waals surface area contributed by atoms with Crippen LogP contribution in [0.2, 0.25) is 5.02 Å². The highest BCUT2D eigenvalue weighted by atomic mass is 35.5. The van der Waals surface area contributed by atoms with Gasteiger partial charge >= 0.3 is 5.97 Å². The van der Waals surface area contributed by atoms with Crippen molar-refractivity contribution in [3.63, 3.8) is 0 Å². The number of dihydropyridines is 1. The van der Waals surface area contributed by atoms with E-state index in [-0.39, 0.29) is 16.2 Å². The zero-order chi connectivity index (χ0) is 17.4. The lowest BCUT2D eigenvalue weighted by Gasteiger charge is -2.30. The van der Waals surface area contributed by atoms with Crippen molar-refractivity contribution in [3.8, 4) is 0 Å². The molecule has 0 bridgehead atoms. The van der Waals surface area contributed by atoms with E-state index in [4.69, 9.17) is 11.6 Å². The molecule has 1 heterocycles. The third-order valence-electron chi connectivity index (χ3n) is 3.83. The maximum absolute atomic E-state index is 12.6. The van der Waals surface area contributed by atoms with Gasteiger partial charge in [-0.05, 0) is 31.5 Å². The zero-order valence-corrected chi connectivity index (χ0v) is 14.6. The largest absolute Gasteiger partial charge is 0.478 e. The third-order valence-corrected chi connectivity index (χ3v) is 6.03. The molecular formula is C16H18ClNO4S. The van der Waals surface area contributed by atoms with Crippen LogP contribution in [-0.4, -0.2) is 25.2 Å². The average Bonchev–Trinajstić information content (AvgIpc) is 2.45. The van der Waals surface area contributed by atoms with E-state index in [1.165, 1.54) is 6.92 Å². The van der Waals surface area contributed by atoms with E-state index in [1.807, 2.05) is 0 Å². The summed E-state index contributed by atoms with van der Waals surface area (Å²) in [5, 5.41) is 12.9. The summed E-state index contributed by atoms with van der Waals surface area (Å²) in [5.41, 5.74) is 1.43. The van der Waals surface area contributed by atoms with Crippen molar-refractivity contribution in [1.29, 1.82) is 0 Å². The Morgan fingerprint density at radius 1 is 1.30 bits per heavy atom. The first-order valence-corrected chi connectivity index (χ1v) is 9.12. The Morgan fingerprint density at radius 3 is 2.48 bits per heavy atom. The highest BCUT2D eigenvalue weighted by Crippen LogP contribution is 2.41. The molecule has 1 aromatic rings. The van der Waals surface area contributed by atoms with Gasteiger partial charge in [0.25, 0.3) is 0 Å². The second kappa shape index (κ2) is 6.37. The van der Waals surface area contributed by atoms with Crippen LogP contribution >= 0.6 is 11.6 Å². The first-order valence-electron chi connectivity index (χ1n) is 7.09. The van der Waals surface area contributed by atoms with E-state index in [0.29, 0.717) is 22.0 Å². The normalized spacial score (nSPS) is 18.9. The Balaban J connectivity index is 2.79. The van der Waals surface area contributed by atoms with Crippen LogP contribution in [0.5, 0.6) is 0 Å². The third kappa shape index (κ3) is 3.28. The minimum absolute atomic E-state index is 0.0184. The SMILES string of the molecule is CCS(=O)(=O)C1=C(C)NC(C)=C(C(=O)O)C1c1cccc(Cl)c1. The number of carboxylic acid groups (broad SMARTS) is 1. The van der Waals surface area contributed by atoms with Gasteiger partial charge in [-0.2, -0.15) is 0 Å². The molecular weight excluding hydrogens is 338 g/mol. The minimum atomic E-state index is -3.59. The molecule has 124 valence electrons. The molecule has 0 aromatic heterocycles. The molecule has 0 aliphatic carbocycles. The fourth-order valence-electron chi connectivity index (χ4n) is 2.83. The van der Waals surface area contributed by atoms with E-state index < -0.39 is 21.7 Å². The molecule has 23 heavy (non-hydrogen) atoms. The lowest BCUT2D eigenvalue weighted by molar-refractivity contribution is -0.133. The summed E-state index contributed by atoms with van der Waals surface area (Å²) in [6.07, 6.45) is 0. The van der Waals surface area contributed by atoms with Gasteiger partial charge in [-0.3, -0.25) is 0 Å². The molecule has 2 N–H and O–H groups in total. The quantitative estimate of drug-likeness (QED) is 0.867. The van der Waals surface area contributed by atoms with Crippen molar-refractivity contribution in [2.75, 3.05) is 5.75 Å². The molecule has 0 saturated carbocycles. The highest BCUT2D eigenvalue weighted by molar-refractivity contribution is 7.95. The fraction of sp³-hybridized carbons (Fsp3) is 0.312. The predicted octanol–water partition coefficient (Wildman–Crippen LogP) is 3.05. The topological polar surface area (TPSA) is 83.5 Å². The first kappa shape index (κ1) is 17.6. The summed E-state index contributed by atoms with van der Waals surface area (Å²) in [4.78, 5) is 11.8. The van der Waals surface area contributed by atoms with Gasteiger partial charge in [0.05, 0.1) is 22.1 Å². The Labute approximate surface area is 140 Å². The summed E-state index contributed by atoms with van der Waals surface area (Å²) in [6.45, 7) is 4.80. The van der Waals surface area contributed by atoms with Crippen molar-refractivity contribution in [2.24, 2.45) is 0 Å². The number of halogens is 1. The number of rotatable bonds is 4. The molecule has 1 unspecified atom stereocenters. The van der Waals surface area contributed by atoms with Crippen LogP contribution < -0.4 is 5.32 Å². The van der Waals surface area contributed by atoms with Gasteiger partial charge in [0.2, 0.25) is 0 Å². The molecule has 0 radical (unpaired) electrons. The number of benzene rings is 1. The molecule has 1 aliphatic heterocycles. The monoisotopic (exact) mass is 355 g/mol. The van der Waals surface area contributed by atoms with Crippen molar-refractivity contribution in [2.45, 2.75) is 26.7 Å². The second-order valence-electron chi connectivity index (χ2n) is 5.35. The number of nitrogens with one attached hydrogen (secondary N) is 1. The molecule has 7 heteroatoms. The number of carbonyl (C=O) groups is 1. The highest BCUT2D eigenvalue weighted by Gasteiger charge is 2.38. The number of hydrogen-bond donors (Lipinski definition) is 2. The van der Waals surface area contributed by atoms with Crippen LogP contribution in [0.15, 0.2) is 46.1 Å². The zero-order valence-electron chi connectivity index (χ0n) is 13.1. The number of hydrogen-bond acceptors (Lipinski definition) is 4. The standard InChI is InChI=1S/C16H18ClNO4S/c1-4-23(21,22)15-10(3)18-9(2)13(16(19)20)14(15)11-6-5-7-12(17)8-11/h5-8,14,18H,4H2,1-3H3,(H,19,20). The van der Waals surface area contributed by atoms with Crippen molar-refractivity contribution in [1.82, 2.24) is 5.32 Å². The van der Waals surface area contributed by atoms with Crippen LogP contribution in [0.3, 0.4) is 0 Å². The van der Waals surface area contributed by atoms with Gasteiger partial charge in [-0.1, -0.05) is 30.7 Å². The Morgan fingerprint density at radius 2 is 1.96 bits per heavy atom. The summed E-state index contributed by atoms with van der Waals surface area (Å²) in [6, 6.07) is 6.64. The van der Waals surface area contributed by atoms with Gasteiger partial charge in [-0.15, -0.1) is 0 Å². The molecule has 1 aliphatic rings. The molecule has 0 spiro atoms. The van der Waals surface area contributed by atoms with Gasteiger partial charge in [0, 0.05) is 16.4 Å². The molecule has 2 rings (SSSR count). The maximum atomic E-state index is 12.6. The average molecular weight is 356 g/mol. The summed E-state index contributed by atoms with van der Waals surface area (Å²) >= 11 is 6.02. The van der Waals surface area contributed by atoms with Crippen LogP contribution in [0.4, 0.5) is 0 Å². The Bertz CT molecular complexity index is 824. The lowest BCUT2D eigenvalue weighted by Crippen LogP contribution is -2.31. The van der Waals surface area contributed by atoms with E-state index in [1.54, 1.807) is 38.1 Å². The van der Waals surface area contributed by atoms with Crippen LogP contribution in [0.1, 0.15) is 32.3 Å². The van der Waals surface area contributed by atoms with Gasteiger partial charge < -0.3 is 10.4 Å². The summed E-state index contributed by atoms with van der Waals surface area (Å²) < 4.78 is 25.1. The minimum Gasteiger partial charge on any atom is -0.478 e. The van der Waals surface area contributed by atoms with Gasteiger partial charge in [-0.25, -0.2) is 13.2 Å². The smallest absolute Gasteiger partial charge is 0.334 e. The van der Waals surface area contributed by atoms with Crippen LogP contribution in [0.25, 0.3) is 0 Å². The molecule has 0 amide bonds. The van der Waals surface area contributed by atoms with Gasteiger partial charge in [0.15, 0.2) is 9.84 Å². The van der Waals surface area contributed by atoms with E-state index in [2.05, 4.69) is 5.32 Å². The Hall–Kier alpha value is -1.79. The predicted molar refractivity (Wildman–Crippen MR) is 89.8 cm³/mol. The molecule has 1 aromatic carbocycles. The lowest BCUT2D eigenvalue weighted by atomic mass is 9.86. The first-order chi connectivity index (χ1) is 10.7. The Kier molecular flexibility index (Phi) is 4.87. The van der Waals surface area contributed by atoms with E-state index >= 15 is 0 Å². The molecule has 1 atom stereocenters. The van der Waals surface area contributed by atoms with Gasteiger partial charge in [0.1, 0.15) is 0 Å². The summed E-state index contributed by atoms with van der Waals surface area (Å²) in [7, 11) is -3.59. The second-order valence-corrected chi connectivity index (χ2v) is 8.03. The number of aliphatic carboxylic acids is 1. The summed E-state index contributed by atoms with van der Waals surface area (Å²) in [5.74, 6) is -2.14. The fourth-order valence-corrected chi connectivity index (χ4v) is 4.47. The van der Waals surface area contributed by atoms with Crippen molar-refractivity contribution >= 4 is 27.4 Å². The van der Waals surface area contributed by atoms with Crippen molar-refractivity contribution in [3.05, 3.63) is 56.7 Å². The van der Waals surface area contributed by atoms with Crippen LogP contribution in [-0.2, 0) is 14.6 Å². The molecule has 5 nitrogen and oxygen atoms in total. The number of allylic oxidation sites excluding steroid dienone is 3. The molecule has 0 fully saturated rings. The number of sulfone groups is 1. The van der Waals surface area contributed by atoms with Crippen LogP contribution in [0, 0.1) is 0 Å². The van der Waals surface area contributed by atoms with Crippen molar-refractivity contribution < 1.29 is 18.3 Å². The molecule has 0 saturated heterocycles. The number of carboxylic acids is 1. The van der Waals surface area contributed by atoms with E-state index in [0.717, 1.165) is 0 Å². The maximum Gasteiger partial charge on any atom is 0.334 e.